The Kier molecular flexibility index (Phi) is 6.15. The Hall–Kier alpha value is -0.120. The number of nitrogens with zero attached hydrogens (tertiary/aromatic N) is 1. The molecule has 1 rings (SSSR count). The third kappa shape index (κ3) is 4.40. The molecule has 3 nitrogen and oxygen atoms in total. The van der Waals surface area contributed by atoms with Crippen molar-refractivity contribution in [2.24, 2.45) is 5.73 Å². The van der Waals surface area contributed by atoms with E-state index in [4.69, 9.17) is 10.5 Å². The first-order valence-corrected chi connectivity index (χ1v) is 5.90. The molecule has 0 bridgehead atoms. The molecule has 14 heavy (non-hydrogen) atoms. The van der Waals surface area contributed by atoms with Gasteiger partial charge in [-0.1, -0.05) is 13.3 Å². The summed E-state index contributed by atoms with van der Waals surface area (Å²) in [5.74, 6) is 0. The van der Waals surface area contributed by atoms with Crippen LogP contribution in [0, 0.1) is 0 Å². The Balaban J connectivity index is 2.00. The van der Waals surface area contributed by atoms with Crippen LogP contribution in [0.5, 0.6) is 0 Å². The van der Waals surface area contributed by atoms with E-state index in [1.165, 1.54) is 25.9 Å². The summed E-state index contributed by atoms with van der Waals surface area (Å²) in [5.41, 5.74) is 5.61. The fourth-order valence-electron chi connectivity index (χ4n) is 1.95. The van der Waals surface area contributed by atoms with Crippen LogP contribution < -0.4 is 5.73 Å². The second-order valence-corrected chi connectivity index (χ2v) is 4.07. The van der Waals surface area contributed by atoms with E-state index < -0.39 is 0 Å². The summed E-state index contributed by atoms with van der Waals surface area (Å²) in [5, 5.41) is 0. The molecular weight excluding hydrogens is 176 g/mol. The van der Waals surface area contributed by atoms with Gasteiger partial charge in [-0.25, -0.2) is 0 Å². The quantitative estimate of drug-likeness (QED) is 0.671. The molecule has 0 spiro atoms. The Morgan fingerprint density at radius 1 is 1.36 bits per heavy atom. The average molecular weight is 200 g/mol. The van der Waals surface area contributed by atoms with Gasteiger partial charge >= 0.3 is 0 Å². The molecule has 2 N–H and O–H groups in total. The van der Waals surface area contributed by atoms with Crippen LogP contribution in [0.25, 0.3) is 0 Å². The van der Waals surface area contributed by atoms with Gasteiger partial charge in [0.1, 0.15) is 0 Å². The Bertz CT molecular complexity index is 135. The molecule has 0 saturated carbocycles. The van der Waals surface area contributed by atoms with Crippen molar-refractivity contribution in [3.05, 3.63) is 0 Å². The predicted molar refractivity (Wildman–Crippen MR) is 59.4 cm³/mol. The summed E-state index contributed by atoms with van der Waals surface area (Å²) in [6.07, 6.45) is 5.25. The summed E-state index contributed by atoms with van der Waals surface area (Å²) in [6.45, 7) is 7.28. The van der Waals surface area contributed by atoms with Crippen LogP contribution in [-0.2, 0) is 4.74 Å². The van der Waals surface area contributed by atoms with Crippen molar-refractivity contribution in [1.82, 2.24) is 4.90 Å². The zero-order valence-electron chi connectivity index (χ0n) is 9.37. The smallest absolute Gasteiger partial charge is 0.0697 e. The van der Waals surface area contributed by atoms with Gasteiger partial charge in [-0.3, -0.25) is 0 Å². The highest BCUT2D eigenvalue weighted by Gasteiger charge is 2.11. The first kappa shape index (κ1) is 12.0. The standard InChI is InChI=1S/C11H24N2O/c1-2-5-11(10-12)14-9-8-13-6-3-4-7-13/h11H,2-10,12H2,1H3. The van der Waals surface area contributed by atoms with E-state index in [1.54, 1.807) is 0 Å². The fourth-order valence-corrected chi connectivity index (χ4v) is 1.95. The van der Waals surface area contributed by atoms with Gasteiger partial charge in [0.15, 0.2) is 0 Å². The van der Waals surface area contributed by atoms with Gasteiger partial charge in [-0.15, -0.1) is 0 Å². The highest BCUT2D eigenvalue weighted by molar-refractivity contribution is 4.66. The van der Waals surface area contributed by atoms with Crippen LogP contribution in [0.15, 0.2) is 0 Å². The predicted octanol–water partition coefficient (Wildman–Crippen LogP) is 1.23. The summed E-state index contributed by atoms with van der Waals surface area (Å²) >= 11 is 0. The number of likely N-dealkylation sites (tertiary alicyclic amines) is 1. The first-order valence-electron chi connectivity index (χ1n) is 5.90. The molecule has 0 aliphatic carbocycles. The van der Waals surface area contributed by atoms with Gasteiger partial charge in [0, 0.05) is 13.1 Å². The largest absolute Gasteiger partial charge is 0.376 e. The van der Waals surface area contributed by atoms with Gasteiger partial charge in [-0.2, -0.15) is 0 Å². The van der Waals surface area contributed by atoms with Crippen molar-refractivity contribution in [2.45, 2.75) is 38.7 Å². The van der Waals surface area contributed by atoms with Crippen molar-refractivity contribution in [2.75, 3.05) is 32.8 Å². The van der Waals surface area contributed by atoms with Gasteiger partial charge in [-0.05, 0) is 32.4 Å². The monoisotopic (exact) mass is 200 g/mol. The second-order valence-electron chi connectivity index (χ2n) is 4.07. The van der Waals surface area contributed by atoms with Crippen molar-refractivity contribution in [3.63, 3.8) is 0 Å². The van der Waals surface area contributed by atoms with E-state index in [0.29, 0.717) is 6.54 Å². The van der Waals surface area contributed by atoms with E-state index in [2.05, 4.69) is 11.8 Å². The molecule has 0 amide bonds. The normalized spacial score (nSPS) is 20.1. The van der Waals surface area contributed by atoms with Gasteiger partial charge in [0.2, 0.25) is 0 Å². The van der Waals surface area contributed by atoms with Crippen LogP contribution in [0.2, 0.25) is 0 Å². The first-order chi connectivity index (χ1) is 6.86. The number of nitrogens with two attached hydrogens (primary N) is 1. The lowest BCUT2D eigenvalue weighted by Gasteiger charge is -2.18. The van der Waals surface area contributed by atoms with Crippen LogP contribution in [-0.4, -0.2) is 43.8 Å². The lowest BCUT2D eigenvalue weighted by atomic mass is 10.2. The van der Waals surface area contributed by atoms with E-state index in [-0.39, 0.29) is 6.10 Å². The molecule has 1 heterocycles. The molecule has 1 aliphatic rings. The zero-order valence-corrected chi connectivity index (χ0v) is 9.37. The summed E-state index contributed by atoms with van der Waals surface area (Å²) in [4.78, 5) is 2.47. The Morgan fingerprint density at radius 3 is 2.64 bits per heavy atom. The van der Waals surface area contributed by atoms with E-state index in [9.17, 15) is 0 Å². The fraction of sp³-hybridized carbons (Fsp3) is 1.00. The Morgan fingerprint density at radius 2 is 2.07 bits per heavy atom. The van der Waals surface area contributed by atoms with Crippen LogP contribution in [0.4, 0.5) is 0 Å². The molecule has 3 heteroatoms. The maximum atomic E-state index is 5.73. The highest BCUT2D eigenvalue weighted by Crippen LogP contribution is 2.07. The van der Waals surface area contributed by atoms with Gasteiger partial charge in [0.05, 0.1) is 12.7 Å². The molecule has 1 saturated heterocycles. The topological polar surface area (TPSA) is 38.5 Å². The maximum absolute atomic E-state index is 5.73. The number of hydrogen-bond donors (Lipinski definition) is 1. The van der Waals surface area contributed by atoms with Crippen molar-refractivity contribution in [1.29, 1.82) is 0 Å². The molecule has 0 aromatic rings. The minimum atomic E-state index is 0.280. The molecule has 0 radical (unpaired) electrons. The number of ether oxygens (including phenoxy) is 1. The van der Waals surface area contributed by atoms with Gasteiger partial charge < -0.3 is 15.4 Å². The summed E-state index contributed by atoms with van der Waals surface area (Å²) in [7, 11) is 0. The SMILES string of the molecule is CCCC(CN)OCCN1CCCC1. The van der Waals surface area contributed by atoms with E-state index in [0.717, 1.165) is 26.0 Å². The van der Waals surface area contributed by atoms with Crippen molar-refractivity contribution in [3.8, 4) is 0 Å². The third-order valence-corrected chi connectivity index (χ3v) is 2.83. The molecule has 1 aliphatic heterocycles. The maximum Gasteiger partial charge on any atom is 0.0697 e. The van der Waals surface area contributed by atoms with Crippen molar-refractivity contribution < 1.29 is 4.74 Å². The zero-order chi connectivity index (χ0) is 10.2. The lowest BCUT2D eigenvalue weighted by Crippen LogP contribution is -2.29. The molecule has 0 aromatic heterocycles. The molecular formula is C11H24N2O. The minimum Gasteiger partial charge on any atom is -0.376 e. The lowest BCUT2D eigenvalue weighted by molar-refractivity contribution is 0.0407. The van der Waals surface area contributed by atoms with Crippen LogP contribution in [0.1, 0.15) is 32.6 Å². The van der Waals surface area contributed by atoms with Gasteiger partial charge in [0.25, 0.3) is 0 Å². The Labute approximate surface area is 87.6 Å². The van der Waals surface area contributed by atoms with E-state index >= 15 is 0 Å². The van der Waals surface area contributed by atoms with Crippen molar-refractivity contribution >= 4 is 0 Å². The molecule has 84 valence electrons. The molecule has 1 atom stereocenters. The number of hydrogen-bond acceptors (Lipinski definition) is 3. The highest BCUT2D eigenvalue weighted by atomic mass is 16.5. The molecule has 1 fully saturated rings. The molecule has 1 unspecified atom stereocenters. The molecule has 0 aromatic carbocycles. The summed E-state index contributed by atoms with van der Waals surface area (Å²) in [6, 6.07) is 0. The number of rotatable bonds is 7. The summed E-state index contributed by atoms with van der Waals surface area (Å²) < 4.78 is 5.73. The average Bonchev–Trinajstić information content (AvgIpc) is 2.69. The van der Waals surface area contributed by atoms with E-state index in [1.807, 2.05) is 0 Å². The third-order valence-electron chi connectivity index (χ3n) is 2.83. The second kappa shape index (κ2) is 7.21. The van der Waals surface area contributed by atoms with Crippen LogP contribution in [0.3, 0.4) is 0 Å². The minimum absolute atomic E-state index is 0.280. The van der Waals surface area contributed by atoms with Crippen LogP contribution >= 0.6 is 0 Å².